The van der Waals surface area contributed by atoms with E-state index in [9.17, 15) is 0 Å². The molecule has 14 heavy (non-hydrogen) atoms. The predicted octanol–water partition coefficient (Wildman–Crippen LogP) is 4.66. The van der Waals surface area contributed by atoms with Crippen LogP contribution < -0.4 is 0 Å². The normalized spacial score (nSPS) is 28.3. The smallest absolute Gasteiger partial charge is 0.0140 e. The lowest BCUT2D eigenvalue weighted by atomic mass is 9.81. The summed E-state index contributed by atoms with van der Waals surface area (Å²) in [5, 5.41) is 0. The minimum atomic E-state index is 1.35. The molecule has 0 aliphatic heterocycles. The molecule has 0 unspecified atom stereocenters. The van der Waals surface area contributed by atoms with E-state index < -0.39 is 0 Å². The molecule has 0 spiro atoms. The SMILES string of the molecule is [CH]1CCCCC[C]1[C]1CCCCCC1. The Balaban J connectivity index is 1.83. The van der Waals surface area contributed by atoms with Crippen molar-refractivity contribution in [2.24, 2.45) is 0 Å². The first-order chi connectivity index (χ1) is 6.97. The van der Waals surface area contributed by atoms with Gasteiger partial charge in [0.1, 0.15) is 0 Å². The van der Waals surface area contributed by atoms with Gasteiger partial charge in [-0.2, -0.15) is 0 Å². The lowest BCUT2D eigenvalue weighted by Gasteiger charge is -2.23. The summed E-state index contributed by atoms with van der Waals surface area (Å²) in [6.07, 6.45) is 18.3. The van der Waals surface area contributed by atoms with E-state index in [2.05, 4.69) is 6.42 Å². The zero-order valence-corrected chi connectivity index (χ0v) is 9.36. The highest BCUT2D eigenvalue weighted by atomic mass is 14.3. The molecule has 2 aliphatic carbocycles. The van der Waals surface area contributed by atoms with Crippen molar-refractivity contribution < 1.29 is 0 Å². The first-order valence-corrected chi connectivity index (χ1v) is 6.51. The summed E-state index contributed by atoms with van der Waals surface area (Å²) >= 11 is 0. The molecular weight excluding hydrogens is 168 g/mol. The summed E-state index contributed by atoms with van der Waals surface area (Å²) in [6, 6.07) is 0. The third kappa shape index (κ3) is 3.00. The van der Waals surface area contributed by atoms with Crippen LogP contribution in [0.5, 0.6) is 0 Å². The molecule has 2 aliphatic rings. The van der Waals surface area contributed by atoms with E-state index in [0.29, 0.717) is 0 Å². The van der Waals surface area contributed by atoms with E-state index in [0.717, 1.165) is 0 Å². The topological polar surface area (TPSA) is 0 Å². The van der Waals surface area contributed by atoms with Crippen LogP contribution in [0.25, 0.3) is 0 Å². The third-order valence-corrected chi connectivity index (χ3v) is 3.70. The van der Waals surface area contributed by atoms with Crippen molar-refractivity contribution >= 4 is 0 Å². The van der Waals surface area contributed by atoms with Gasteiger partial charge in [0, 0.05) is 0 Å². The molecule has 2 saturated carbocycles. The standard InChI is InChI=1S/C14H23/c1-2-6-10-13(9-5-1)14-11-7-3-4-8-12-14/h9H,1-8,10-12H2. The molecule has 3 radical (unpaired) electrons. The quantitative estimate of drug-likeness (QED) is 0.529. The average Bonchev–Trinajstić information content (AvgIpc) is 2.62. The van der Waals surface area contributed by atoms with E-state index >= 15 is 0 Å². The molecule has 0 saturated heterocycles. The molecule has 0 nitrogen and oxygen atoms in total. The van der Waals surface area contributed by atoms with Crippen molar-refractivity contribution in [1.29, 1.82) is 0 Å². The summed E-state index contributed by atoms with van der Waals surface area (Å²) < 4.78 is 0. The number of hydrogen-bond donors (Lipinski definition) is 0. The monoisotopic (exact) mass is 191 g/mol. The Bertz CT molecular complexity index is 116. The highest BCUT2D eigenvalue weighted by molar-refractivity contribution is 5.24. The molecule has 0 amide bonds. The lowest BCUT2D eigenvalue weighted by molar-refractivity contribution is 0.656. The first kappa shape index (κ1) is 10.5. The van der Waals surface area contributed by atoms with Crippen LogP contribution in [0.3, 0.4) is 0 Å². The van der Waals surface area contributed by atoms with Gasteiger partial charge in [-0.25, -0.2) is 0 Å². The van der Waals surface area contributed by atoms with Crippen LogP contribution in [-0.4, -0.2) is 0 Å². The zero-order chi connectivity index (χ0) is 9.64. The van der Waals surface area contributed by atoms with Crippen molar-refractivity contribution in [2.45, 2.75) is 70.6 Å². The fraction of sp³-hybridized carbons (Fsp3) is 0.786. The van der Waals surface area contributed by atoms with Gasteiger partial charge in [-0.3, -0.25) is 0 Å². The molecule has 0 aromatic heterocycles. The van der Waals surface area contributed by atoms with E-state index in [4.69, 9.17) is 0 Å². The van der Waals surface area contributed by atoms with Crippen molar-refractivity contribution in [3.05, 3.63) is 18.3 Å². The van der Waals surface area contributed by atoms with Crippen LogP contribution in [0.15, 0.2) is 0 Å². The van der Waals surface area contributed by atoms with Gasteiger partial charge in [0.15, 0.2) is 0 Å². The molecule has 2 rings (SSSR count). The van der Waals surface area contributed by atoms with Gasteiger partial charge >= 0.3 is 0 Å². The van der Waals surface area contributed by atoms with Gasteiger partial charge < -0.3 is 0 Å². The highest BCUT2D eigenvalue weighted by Gasteiger charge is 2.24. The maximum absolute atomic E-state index is 2.55. The Morgan fingerprint density at radius 2 is 1.29 bits per heavy atom. The summed E-state index contributed by atoms with van der Waals surface area (Å²) in [5.41, 5.74) is 0. The summed E-state index contributed by atoms with van der Waals surface area (Å²) in [6.45, 7) is 0. The Labute approximate surface area is 89.5 Å². The highest BCUT2D eigenvalue weighted by Crippen LogP contribution is 2.39. The van der Waals surface area contributed by atoms with Gasteiger partial charge in [0.2, 0.25) is 0 Å². The van der Waals surface area contributed by atoms with Crippen LogP contribution in [0.1, 0.15) is 70.6 Å². The molecule has 0 heteroatoms. The van der Waals surface area contributed by atoms with Gasteiger partial charge in [-0.1, -0.05) is 44.9 Å². The second-order valence-electron chi connectivity index (χ2n) is 4.85. The van der Waals surface area contributed by atoms with E-state index in [1.165, 1.54) is 70.6 Å². The molecular formula is C14H23. The van der Waals surface area contributed by atoms with Crippen molar-refractivity contribution in [3.8, 4) is 0 Å². The molecule has 0 N–H and O–H groups in total. The maximum atomic E-state index is 2.55. The largest absolute Gasteiger partial charge is 0.0533 e. The maximum Gasteiger partial charge on any atom is -0.0140 e. The predicted molar refractivity (Wildman–Crippen MR) is 61.6 cm³/mol. The van der Waals surface area contributed by atoms with E-state index in [1.807, 2.05) is 5.92 Å². The average molecular weight is 191 g/mol. The Morgan fingerprint density at radius 3 is 2.07 bits per heavy atom. The molecule has 0 heterocycles. The second kappa shape index (κ2) is 5.78. The summed E-state index contributed by atoms with van der Waals surface area (Å²) in [7, 11) is 0. The third-order valence-electron chi connectivity index (χ3n) is 3.70. The van der Waals surface area contributed by atoms with Gasteiger partial charge in [-0.15, -0.1) is 0 Å². The Morgan fingerprint density at radius 1 is 0.643 bits per heavy atom. The van der Waals surface area contributed by atoms with Crippen molar-refractivity contribution in [1.82, 2.24) is 0 Å². The summed E-state index contributed by atoms with van der Waals surface area (Å²) in [5.74, 6) is 3.58. The van der Waals surface area contributed by atoms with Crippen LogP contribution >= 0.6 is 0 Å². The number of rotatable bonds is 1. The molecule has 0 aromatic rings. The molecule has 2 fully saturated rings. The molecule has 0 aromatic carbocycles. The van der Waals surface area contributed by atoms with Crippen LogP contribution in [0, 0.1) is 18.3 Å². The van der Waals surface area contributed by atoms with Crippen molar-refractivity contribution in [2.75, 3.05) is 0 Å². The first-order valence-electron chi connectivity index (χ1n) is 6.51. The molecule has 0 atom stereocenters. The zero-order valence-electron chi connectivity index (χ0n) is 9.36. The Kier molecular flexibility index (Phi) is 4.34. The number of hydrogen-bond acceptors (Lipinski definition) is 0. The van der Waals surface area contributed by atoms with Crippen LogP contribution in [0.4, 0.5) is 0 Å². The van der Waals surface area contributed by atoms with Gasteiger partial charge in [-0.05, 0) is 43.9 Å². The fourth-order valence-electron chi connectivity index (χ4n) is 2.81. The molecule has 0 bridgehead atoms. The van der Waals surface area contributed by atoms with Crippen molar-refractivity contribution in [3.63, 3.8) is 0 Å². The minimum Gasteiger partial charge on any atom is -0.0533 e. The molecule has 79 valence electrons. The lowest BCUT2D eigenvalue weighted by Crippen LogP contribution is -2.09. The van der Waals surface area contributed by atoms with E-state index in [1.54, 1.807) is 5.92 Å². The van der Waals surface area contributed by atoms with Gasteiger partial charge in [0.25, 0.3) is 0 Å². The van der Waals surface area contributed by atoms with Crippen LogP contribution in [0.2, 0.25) is 0 Å². The fourth-order valence-corrected chi connectivity index (χ4v) is 2.81. The summed E-state index contributed by atoms with van der Waals surface area (Å²) in [4.78, 5) is 0. The second-order valence-corrected chi connectivity index (χ2v) is 4.85. The van der Waals surface area contributed by atoms with Gasteiger partial charge in [0.05, 0.1) is 0 Å². The Hall–Kier alpha value is 0. The van der Waals surface area contributed by atoms with E-state index in [-0.39, 0.29) is 0 Å². The minimum absolute atomic E-state index is 1.35. The van der Waals surface area contributed by atoms with Crippen LogP contribution in [-0.2, 0) is 0 Å².